The SMILES string of the molecule is CC(C)(C)OC(=O)N1CCc2c(cnn2CF)C1. The molecule has 0 aromatic carbocycles. The van der Waals surface area contributed by atoms with Crippen molar-refractivity contribution in [1.29, 1.82) is 0 Å². The maximum atomic E-state index is 12.6. The van der Waals surface area contributed by atoms with Gasteiger partial charge in [-0.2, -0.15) is 5.10 Å². The Kier molecular flexibility index (Phi) is 3.28. The molecular formula is C12H18FN3O2. The number of carbonyl (C=O) groups is 1. The lowest BCUT2D eigenvalue weighted by molar-refractivity contribution is 0.0222. The van der Waals surface area contributed by atoms with Gasteiger partial charge in [0.25, 0.3) is 0 Å². The van der Waals surface area contributed by atoms with Crippen LogP contribution in [0.3, 0.4) is 0 Å². The number of hydrogen-bond donors (Lipinski definition) is 0. The second kappa shape index (κ2) is 4.59. The van der Waals surface area contributed by atoms with E-state index in [-0.39, 0.29) is 6.09 Å². The van der Waals surface area contributed by atoms with E-state index in [0.717, 1.165) is 11.3 Å². The van der Waals surface area contributed by atoms with Crippen molar-refractivity contribution in [3.63, 3.8) is 0 Å². The highest BCUT2D eigenvalue weighted by molar-refractivity contribution is 5.68. The normalized spacial score (nSPS) is 15.4. The second-order valence-corrected chi connectivity index (χ2v) is 5.39. The van der Waals surface area contributed by atoms with E-state index in [9.17, 15) is 9.18 Å². The number of rotatable bonds is 1. The molecule has 2 heterocycles. The molecule has 1 aromatic rings. The highest BCUT2D eigenvalue weighted by atomic mass is 19.1. The number of aromatic nitrogens is 2. The number of carbonyl (C=O) groups excluding carboxylic acids is 1. The van der Waals surface area contributed by atoms with Crippen LogP contribution in [-0.4, -0.2) is 32.9 Å². The molecular weight excluding hydrogens is 237 g/mol. The van der Waals surface area contributed by atoms with E-state index >= 15 is 0 Å². The van der Waals surface area contributed by atoms with Crippen LogP contribution in [0.25, 0.3) is 0 Å². The summed E-state index contributed by atoms with van der Waals surface area (Å²) in [4.78, 5) is 13.5. The minimum atomic E-state index is -0.623. The lowest BCUT2D eigenvalue weighted by atomic mass is 10.1. The molecule has 1 aliphatic rings. The monoisotopic (exact) mass is 255 g/mol. The first kappa shape index (κ1) is 12.9. The van der Waals surface area contributed by atoms with E-state index in [4.69, 9.17) is 4.74 Å². The van der Waals surface area contributed by atoms with E-state index in [1.807, 2.05) is 20.8 Å². The largest absolute Gasteiger partial charge is 0.444 e. The van der Waals surface area contributed by atoms with Crippen LogP contribution >= 0.6 is 0 Å². The number of halogens is 1. The molecule has 18 heavy (non-hydrogen) atoms. The summed E-state index contributed by atoms with van der Waals surface area (Å²) in [5.41, 5.74) is 1.27. The van der Waals surface area contributed by atoms with Gasteiger partial charge in [-0.3, -0.25) is 0 Å². The van der Waals surface area contributed by atoms with E-state index in [0.29, 0.717) is 19.5 Å². The molecule has 5 nitrogen and oxygen atoms in total. The minimum absolute atomic E-state index is 0.332. The molecule has 0 N–H and O–H groups in total. The van der Waals surface area contributed by atoms with Crippen molar-refractivity contribution in [2.75, 3.05) is 6.54 Å². The van der Waals surface area contributed by atoms with Gasteiger partial charge in [-0.25, -0.2) is 13.9 Å². The maximum Gasteiger partial charge on any atom is 0.410 e. The van der Waals surface area contributed by atoms with Gasteiger partial charge in [0.1, 0.15) is 5.60 Å². The van der Waals surface area contributed by atoms with E-state index in [1.54, 1.807) is 11.1 Å². The molecule has 0 bridgehead atoms. The Hall–Kier alpha value is -1.59. The molecule has 1 aliphatic heterocycles. The fraction of sp³-hybridized carbons (Fsp3) is 0.667. The smallest absolute Gasteiger partial charge is 0.410 e. The van der Waals surface area contributed by atoms with Crippen molar-refractivity contribution in [3.05, 3.63) is 17.5 Å². The van der Waals surface area contributed by atoms with Gasteiger partial charge in [0.05, 0.1) is 12.7 Å². The zero-order chi connectivity index (χ0) is 13.3. The molecule has 1 amide bonds. The average Bonchev–Trinajstić information content (AvgIpc) is 2.68. The zero-order valence-corrected chi connectivity index (χ0v) is 10.9. The summed E-state index contributed by atoms with van der Waals surface area (Å²) >= 11 is 0. The number of fused-ring (bicyclic) bond motifs is 1. The number of ether oxygens (including phenoxy) is 1. The Morgan fingerprint density at radius 1 is 1.56 bits per heavy atom. The molecule has 0 unspecified atom stereocenters. The zero-order valence-electron chi connectivity index (χ0n) is 10.9. The number of amides is 1. The fourth-order valence-electron chi connectivity index (χ4n) is 1.98. The Balaban J connectivity index is 2.06. The fourth-order valence-corrected chi connectivity index (χ4v) is 1.98. The van der Waals surface area contributed by atoms with E-state index < -0.39 is 12.4 Å². The van der Waals surface area contributed by atoms with Gasteiger partial charge in [0.2, 0.25) is 0 Å². The van der Waals surface area contributed by atoms with Crippen LogP contribution in [0.15, 0.2) is 6.20 Å². The summed E-state index contributed by atoms with van der Waals surface area (Å²) in [7, 11) is 0. The van der Waals surface area contributed by atoms with Crippen molar-refractivity contribution >= 4 is 6.09 Å². The minimum Gasteiger partial charge on any atom is -0.444 e. The molecule has 0 fully saturated rings. The van der Waals surface area contributed by atoms with Gasteiger partial charge in [-0.15, -0.1) is 0 Å². The molecule has 0 saturated heterocycles. The van der Waals surface area contributed by atoms with E-state index in [2.05, 4.69) is 5.10 Å². The Morgan fingerprint density at radius 3 is 2.89 bits per heavy atom. The summed E-state index contributed by atoms with van der Waals surface area (Å²) in [5.74, 6) is 0. The summed E-state index contributed by atoms with van der Waals surface area (Å²) in [6.07, 6.45) is 1.89. The van der Waals surface area contributed by atoms with Gasteiger partial charge in [0.15, 0.2) is 6.80 Å². The van der Waals surface area contributed by atoms with E-state index in [1.165, 1.54) is 4.68 Å². The van der Waals surface area contributed by atoms with Crippen molar-refractivity contribution in [1.82, 2.24) is 14.7 Å². The van der Waals surface area contributed by atoms with Crippen LogP contribution in [0.2, 0.25) is 0 Å². The molecule has 2 rings (SSSR count). The maximum absolute atomic E-state index is 12.6. The molecule has 0 atom stereocenters. The van der Waals surface area contributed by atoms with Crippen LogP contribution in [0.5, 0.6) is 0 Å². The molecule has 0 saturated carbocycles. The topological polar surface area (TPSA) is 47.4 Å². The van der Waals surface area contributed by atoms with Crippen molar-refractivity contribution in [3.8, 4) is 0 Å². The quantitative estimate of drug-likeness (QED) is 0.772. The highest BCUT2D eigenvalue weighted by Gasteiger charge is 2.27. The summed E-state index contributed by atoms with van der Waals surface area (Å²) in [6, 6.07) is 0. The average molecular weight is 255 g/mol. The van der Waals surface area contributed by atoms with Gasteiger partial charge >= 0.3 is 6.09 Å². The third-order valence-electron chi connectivity index (χ3n) is 2.78. The van der Waals surface area contributed by atoms with Gasteiger partial charge in [-0.05, 0) is 20.8 Å². The Morgan fingerprint density at radius 2 is 2.28 bits per heavy atom. The van der Waals surface area contributed by atoms with Gasteiger partial charge in [-0.1, -0.05) is 0 Å². The molecule has 100 valence electrons. The number of hydrogen-bond acceptors (Lipinski definition) is 3. The molecule has 0 radical (unpaired) electrons. The Bertz CT molecular complexity index is 451. The number of nitrogens with zero attached hydrogens (tertiary/aromatic N) is 3. The van der Waals surface area contributed by atoms with Crippen LogP contribution in [0, 0.1) is 0 Å². The predicted molar refractivity (Wildman–Crippen MR) is 63.7 cm³/mol. The lowest BCUT2D eigenvalue weighted by Gasteiger charge is -2.30. The summed E-state index contributed by atoms with van der Waals surface area (Å²) in [5, 5.41) is 3.95. The van der Waals surface area contributed by atoms with Crippen LogP contribution < -0.4 is 0 Å². The third kappa shape index (κ3) is 2.63. The molecule has 1 aromatic heterocycles. The third-order valence-corrected chi connectivity index (χ3v) is 2.78. The first-order chi connectivity index (χ1) is 8.40. The van der Waals surface area contributed by atoms with Crippen LogP contribution in [0.4, 0.5) is 9.18 Å². The molecule has 0 spiro atoms. The molecule has 6 heteroatoms. The molecule has 0 aliphatic carbocycles. The summed E-state index contributed by atoms with van der Waals surface area (Å²) < 4.78 is 19.3. The first-order valence-corrected chi connectivity index (χ1v) is 5.98. The van der Waals surface area contributed by atoms with Crippen LogP contribution in [0.1, 0.15) is 32.0 Å². The van der Waals surface area contributed by atoms with Crippen molar-refractivity contribution in [2.45, 2.75) is 46.1 Å². The van der Waals surface area contributed by atoms with Crippen molar-refractivity contribution in [2.24, 2.45) is 0 Å². The Labute approximate surface area is 106 Å². The lowest BCUT2D eigenvalue weighted by Crippen LogP contribution is -2.40. The summed E-state index contributed by atoms with van der Waals surface area (Å²) in [6.45, 7) is 5.85. The van der Waals surface area contributed by atoms with Gasteiger partial charge < -0.3 is 9.64 Å². The van der Waals surface area contributed by atoms with Gasteiger partial charge in [0, 0.05) is 24.2 Å². The predicted octanol–water partition coefficient (Wildman–Crippen LogP) is 2.10. The van der Waals surface area contributed by atoms with Crippen molar-refractivity contribution < 1.29 is 13.9 Å². The standard InChI is InChI=1S/C12H18FN3O2/c1-12(2,3)18-11(17)15-5-4-10-9(7-15)6-14-16(10)8-13/h6H,4-5,7-8H2,1-3H3. The first-order valence-electron chi connectivity index (χ1n) is 5.98. The highest BCUT2D eigenvalue weighted by Crippen LogP contribution is 2.20. The van der Waals surface area contributed by atoms with Crippen LogP contribution in [-0.2, 0) is 24.5 Å². The number of alkyl halides is 1. The second-order valence-electron chi connectivity index (χ2n) is 5.39.